The van der Waals surface area contributed by atoms with Gasteiger partial charge in [0, 0.05) is 72.6 Å². The molecule has 1 aliphatic carbocycles. The van der Waals surface area contributed by atoms with Crippen LogP contribution >= 0.6 is 0 Å². The molecule has 0 bridgehead atoms. The summed E-state index contributed by atoms with van der Waals surface area (Å²) in [7, 11) is 0. The number of rotatable bonds is 12. The molecule has 3 fully saturated rings. The second-order valence-corrected chi connectivity index (χ2v) is 24.8. The Hall–Kier alpha value is -9.62. The molecule has 0 spiro atoms. The highest BCUT2D eigenvalue weighted by atomic mass is 19.1. The molecule has 1 saturated carbocycles. The number of benzene rings is 4. The molecule has 474 valence electrons. The van der Waals surface area contributed by atoms with E-state index < -0.39 is 76.1 Å². The molecule has 6 aromatic rings. The molecule has 7 amide bonds. The number of hydrogen-bond donors (Lipinski definition) is 6. The van der Waals surface area contributed by atoms with Crippen LogP contribution in [0.25, 0.3) is 22.5 Å². The van der Waals surface area contributed by atoms with Crippen molar-refractivity contribution < 1.29 is 60.9 Å². The van der Waals surface area contributed by atoms with Gasteiger partial charge in [-0.2, -0.15) is 9.97 Å². The molecule has 2 aromatic heterocycles. The highest BCUT2D eigenvalue weighted by Gasteiger charge is 2.38. The average molecular weight is 1240 g/mol. The van der Waals surface area contributed by atoms with Crippen LogP contribution in [0.3, 0.4) is 0 Å². The van der Waals surface area contributed by atoms with Gasteiger partial charge in [0.25, 0.3) is 5.91 Å². The Morgan fingerprint density at radius 2 is 0.967 bits per heavy atom. The number of para-hydroxylation sites is 2. The molecule has 26 heteroatoms. The fraction of sp³-hybridized carbons (Fsp3) is 0.406. The van der Waals surface area contributed by atoms with Crippen LogP contribution in [0.15, 0.2) is 72.8 Å². The molecule has 4 aromatic carbocycles. The number of aromatic carboxylic acids is 1. The number of anilines is 6. The maximum Gasteiger partial charge on any atom is 0.407 e. The highest BCUT2D eigenvalue weighted by molar-refractivity contribution is 6.04. The molecule has 5 aliphatic rings. The van der Waals surface area contributed by atoms with Gasteiger partial charge in [-0.15, -0.1) is 0 Å². The zero-order chi connectivity index (χ0) is 64.5. The summed E-state index contributed by atoms with van der Waals surface area (Å²) < 4.78 is 71.1. The van der Waals surface area contributed by atoms with Gasteiger partial charge in [-0.05, 0) is 159 Å². The number of carbonyl (C=O) groups is 6. The molecule has 6 N–H and O–H groups in total. The van der Waals surface area contributed by atoms with Crippen LogP contribution in [0, 0.1) is 43.0 Å². The molecule has 6 heterocycles. The molecular formula is C64H71F4N13O9. The Morgan fingerprint density at radius 3 is 1.34 bits per heavy atom. The summed E-state index contributed by atoms with van der Waals surface area (Å²) in [5, 5.41) is 23.8. The van der Waals surface area contributed by atoms with Crippen molar-refractivity contribution >= 4 is 71.0 Å². The smallest absolute Gasteiger partial charge is 0.407 e. The van der Waals surface area contributed by atoms with Crippen molar-refractivity contribution in [3.05, 3.63) is 129 Å². The first-order chi connectivity index (χ1) is 42.7. The minimum Gasteiger partial charge on any atom is -0.478 e. The second kappa shape index (κ2) is 25.8. The number of carboxylic acids is 1. The number of hydrogen-bond acceptors (Lipinski definition) is 14. The third-order valence-electron chi connectivity index (χ3n) is 15.7. The molecule has 0 atom stereocenters. The quantitative estimate of drug-likeness (QED) is 0.0622. The lowest BCUT2D eigenvalue weighted by molar-refractivity contribution is 0.0485. The lowest BCUT2D eigenvalue weighted by atomic mass is 9.97. The zero-order valence-corrected chi connectivity index (χ0v) is 51.2. The SMILES string of the molecule is Cc1ccc(C(=O)NCC2CC2)cc1-c1nc(N2CCC(NC(=O)OC(C)(C)C)CC2)nc2c1CNC(=O)N2c1c(F)cccc1F.Cc1ccc(C(=O)O)cc1-c1nc(N2CCC(NC(=O)OC(C)(C)C)CC2)nc2c1CNC(=O)N2c1c(F)cccc1F. The summed E-state index contributed by atoms with van der Waals surface area (Å²) in [6.45, 7) is 16.8. The third-order valence-corrected chi connectivity index (χ3v) is 15.7. The van der Waals surface area contributed by atoms with E-state index in [4.69, 9.17) is 24.4 Å². The van der Waals surface area contributed by atoms with E-state index in [1.807, 2.05) is 22.8 Å². The Balaban J connectivity index is 0.000000199. The average Bonchev–Trinajstić information content (AvgIpc) is 0.978. The van der Waals surface area contributed by atoms with Crippen LogP contribution in [-0.2, 0) is 22.6 Å². The lowest BCUT2D eigenvalue weighted by Crippen LogP contribution is -2.47. The summed E-state index contributed by atoms with van der Waals surface area (Å²) in [4.78, 5) is 101. The minimum atomic E-state index is -1.13. The van der Waals surface area contributed by atoms with Gasteiger partial charge < -0.3 is 51.0 Å². The number of piperidine rings is 2. The van der Waals surface area contributed by atoms with Crippen molar-refractivity contribution in [1.82, 2.24) is 46.5 Å². The third kappa shape index (κ3) is 14.4. The van der Waals surface area contributed by atoms with Crippen LogP contribution in [-0.4, -0.2) is 117 Å². The largest absolute Gasteiger partial charge is 0.478 e. The van der Waals surface area contributed by atoms with E-state index in [2.05, 4.69) is 31.6 Å². The number of nitrogens with zero attached hydrogens (tertiary/aromatic N) is 8. The second-order valence-electron chi connectivity index (χ2n) is 24.8. The summed E-state index contributed by atoms with van der Waals surface area (Å²) >= 11 is 0. The number of fused-ring (bicyclic) bond motifs is 2. The lowest BCUT2D eigenvalue weighted by Gasteiger charge is -2.35. The maximum absolute atomic E-state index is 15.2. The van der Waals surface area contributed by atoms with E-state index in [1.165, 1.54) is 24.3 Å². The van der Waals surface area contributed by atoms with Crippen LogP contribution < -0.4 is 46.2 Å². The van der Waals surface area contributed by atoms with E-state index >= 15 is 17.6 Å². The number of aromatic nitrogens is 4. The van der Waals surface area contributed by atoms with Crippen molar-refractivity contribution in [3.8, 4) is 22.5 Å². The highest BCUT2D eigenvalue weighted by Crippen LogP contribution is 2.43. The van der Waals surface area contributed by atoms with E-state index in [0.29, 0.717) is 109 Å². The molecule has 4 aliphatic heterocycles. The van der Waals surface area contributed by atoms with Crippen LogP contribution in [0.1, 0.15) is 123 Å². The number of halogens is 4. The van der Waals surface area contributed by atoms with Gasteiger partial charge in [-0.25, -0.2) is 61.3 Å². The fourth-order valence-corrected chi connectivity index (χ4v) is 10.9. The van der Waals surface area contributed by atoms with Gasteiger partial charge in [-0.3, -0.25) is 4.79 Å². The first-order valence-electron chi connectivity index (χ1n) is 29.8. The van der Waals surface area contributed by atoms with Crippen molar-refractivity contribution in [3.63, 3.8) is 0 Å². The van der Waals surface area contributed by atoms with Gasteiger partial charge in [0.05, 0.1) is 30.0 Å². The molecule has 11 rings (SSSR count). The van der Waals surface area contributed by atoms with Crippen LogP contribution in [0.5, 0.6) is 0 Å². The first kappa shape index (κ1) is 63.4. The number of aryl methyl sites for hydroxylation is 2. The molecule has 0 unspecified atom stereocenters. The topological polar surface area (TPSA) is 266 Å². The van der Waals surface area contributed by atoms with E-state index in [1.54, 1.807) is 66.7 Å². The maximum atomic E-state index is 15.2. The Labute approximate surface area is 517 Å². The molecule has 2 saturated heterocycles. The number of alkyl carbamates (subject to hydrolysis) is 2. The van der Waals surface area contributed by atoms with Gasteiger partial charge >= 0.3 is 30.2 Å². The Bertz CT molecular complexity index is 3760. The van der Waals surface area contributed by atoms with Crippen molar-refractivity contribution in [2.45, 2.75) is 130 Å². The van der Waals surface area contributed by atoms with E-state index in [-0.39, 0.29) is 60.2 Å². The van der Waals surface area contributed by atoms with Gasteiger partial charge in [0.2, 0.25) is 11.9 Å². The summed E-state index contributed by atoms with van der Waals surface area (Å²) in [5.41, 5.74) is 2.31. The van der Waals surface area contributed by atoms with Gasteiger partial charge in [0.15, 0.2) is 11.6 Å². The van der Waals surface area contributed by atoms with Gasteiger partial charge in [0.1, 0.15) is 45.8 Å². The minimum absolute atomic E-state index is 0.00970. The summed E-state index contributed by atoms with van der Waals surface area (Å²) in [5.74, 6) is -4.09. The number of nitrogens with one attached hydrogen (secondary N) is 5. The zero-order valence-electron chi connectivity index (χ0n) is 51.2. The van der Waals surface area contributed by atoms with E-state index in [9.17, 15) is 33.9 Å². The van der Waals surface area contributed by atoms with Crippen LogP contribution in [0.4, 0.5) is 71.6 Å². The molecular weight excluding hydrogens is 1170 g/mol. The monoisotopic (exact) mass is 1240 g/mol. The predicted octanol–water partition coefficient (Wildman–Crippen LogP) is 11.0. The first-order valence-corrected chi connectivity index (χ1v) is 29.8. The van der Waals surface area contributed by atoms with Crippen molar-refractivity contribution in [2.75, 3.05) is 52.3 Å². The number of carboxylic acid groups (broad SMARTS) is 1. The molecule has 0 radical (unpaired) electrons. The summed E-state index contributed by atoms with van der Waals surface area (Å²) in [6.07, 6.45) is 3.41. The van der Waals surface area contributed by atoms with Crippen molar-refractivity contribution in [1.29, 1.82) is 0 Å². The van der Waals surface area contributed by atoms with Crippen LogP contribution in [0.2, 0.25) is 0 Å². The number of ether oxygens (including phenoxy) is 2. The Kier molecular flexibility index (Phi) is 18.2. The normalized spacial score (nSPS) is 16.2. The number of amides is 7. The standard InChI is InChI=1S/C34H39F2N7O4.C30H32F2N6O5/c1-19-8-11-21(30(44)37-17-20-9-10-20)16-23(19)27-24-18-38-32(45)43(28-25(35)6-5-7-26(28)36)29(24)41-31(40-27)42-14-12-22(13-15-42)39-33(46)47-34(2,3)4;1-16-8-9-17(26(39)40)14-19(16)23-20-15-33-28(41)38(24-21(31)6-5-7-22(24)32)25(20)36-27(35-23)37-12-10-18(11-13-37)34-29(42)43-30(2,3)4/h5-8,11,16,20,22H,9-10,12-15,17-18H2,1-4H3,(H,37,44)(H,38,45)(H,39,46);5-9,14,18H,10-13,15H2,1-4H3,(H,33,41)(H,34,42)(H,39,40). The number of carbonyl (C=O) groups excluding carboxylic acids is 5. The van der Waals surface area contributed by atoms with Crippen molar-refractivity contribution in [2.24, 2.45) is 5.92 Å². The summed E-state index contributed by atoms with van der Waals surface area (Å²) in [6, 6.07) is 14.8. The van der Waals surface area contributed by atoms with E-state index in [0.717, 1.165) is 52.5 Å². The fourth-order valence-electron chi connectivity index (χ4n) is 10.9. The van der Waals surface area contributed by atoms with Gasteiger partial charge in [-0.1, -0.05) is 24.3 Å². The molecule has 22 nitrogen and oxygen atoms in total. The predicted molar refractivity (Wildman–Crippen MR) is 327 cm³/mol. The number of urea groups is 2. The Morgan fingerprint density at radius 1 is 0.578 bits per heavy atom. The molecule has 90 heavy (non-hydrogen) atoms.